The first-order chi connectivity index (χ1) is 14.3. The van der Waals surface area contributed by atoms with Crippen LogP contribution >= 0.6 is 11.3 Å². The third-order valence-electron chi connectivity index (χ3n) is 4.84. The van der Waals surface area contributed by atoms with Crippen molar-refractivity contribution in [3.63, 3.8) is 0 Å². The molecule has 1 aliphatic heterocycles. The highest BCUT2D eigenvalue weighted by atomic mass is 32.2. The van der Waals surface area contributed by atoms with Crippen LogP contribution in [-0.2, 0) is 10.0 Å². The summed E-state index contributed by atoms with van der Waals surface area (Å²) < 4.78 is 28.2. The van der Waals surface area contributed by atoms with Gasteiger partial charge in [0.25, 0.3) is 15.9 Å². The number of hydrogen-bond donors (Lipinski definition) is 2. The fourth-order valence-corrected chi connectivity index (χ4v) is 5.42. The number of fused-ring (bicyclic) bond motifs is 1. The van der Waals surface area contributed by atoms with Gasteiger partial charge in [0.15, 0.2) is 5.84 Å². The Bertz CT molecular complexity index is 1200. The number of rotatable bonds is 5. The van der Waals surface area contributed by atoms with Crippen LogP contribution in [0.25, 0.3) is 0 Å². The summed E-state index contributed by atoms with van der Waals surface area (Å²) in [6, 6.07) is 17.5. The van der Waals surface area contributed by atoms with E-state index in [2.05, 4.69) is 28.9 Å². The molecule has 30 heavy (non-hydrogen) atoms. The van der Waals surface area contributed by atoms with Crippen molar-refractivity contribution in [2.45, 2.75) is 24.8 Å². The van der Waals surface area contributed by atoms with Crippen LogP contribution in [0, 0.1) is 5.92 Å². The molecule has 0 aliphatic carbocycles. The van der Waals surface area contributed by atoms with Crippen LogP contribution in [0.5, 0.6) is 0 Å². The van der Waals surface area contributed by atoms with Gasteiger partial charge in [0.2, 0.25) is 0 Å². The Hall–Kier alpha value is -2.97. The zero-order valence-corrected chi connectivity index (χ0v) is 18.1. The molecule has 3 aromatic rings. The minimum Gasteiger partial charge on any atom is -0.344 e. The number of amides is 1. The minimum absolute atomic E-state index is 0.0511. The molecule has 1 aromatic heterocycles. The predicted octanol–water partition coefficient (Wildman–Crippen LogP) is 4.44. The Balaban J connectivity index is 1.49. The quantitative estimate of drug-likeness (QED) is 0.615. The van der Waals surface area contributed by atoms with E-state index >= 15 is 0 Å². The van der Waals surface area contributed by atoms with Crippen LogP contribution in [-0.4, -0.2) is 20.2 Å². The number of anilines is 1. The molecular formula is C22H21N3O3S2. The average molecular weight is 440 g/mol. The number of nitrogens with one attached hydrogen (secondary N) is 2. The maximum absolute atomic E-state index is 12.7. The third-order valence-corrected chi connectivity index (χ3v) is 7.13. The number of hydrogen-bond acceptors (Lipinski definition) is 5. The van der Waals surface area contributed by atoms with E-state index < -0.39 is 10.0 Å². The summed E-state index contributed by atoms with van der Waals surface area (Å²) in [5.41, 5.74) is 1.72. The molecule has 154 valence electrons. The van der Waals surface area contributed by atoms with Gasteiger partial charge in [-0.3, -0.25) is 4.79 Å². The second-order valence-electron chi connectivity index (χ2n) is 7.32. The van der Waals surface area contributed by atoms with Gasteiger partial charge in [-0.2, -0.15) is 8.42 Å². The lowest BCUT2D eigenvalue weighted by molar-refractivity contribution is 0.0926. The van der Waals surface area contributed by atoms with Crippen molar-refractivity contribution in [3.05, 3.63) is 82.0 Å². The molecule has 2 heterocycles. The van der Waals surface area contributed by atoms with Gasteiger partial charge in [-0.1, -0.05) is 32.0 Å². The van der Waals surface area contributed by atoms with E-state index in [1.807, 2.05) is 17.5 Å². The van der Waals surface area contributed by atoms with Crippen LogP contribution in [0.2, 0.25) is 0 Å². The smallest absolute Gasteiger partial charge is 0.285 e. The summed E-state index contributed by atoms with van der Waals surface area (Å²) in [4.78, 5) is 14.0. The fourth-order valence-electron chi connectivity index (χ4n) is 3.30. The molecule has 4 rings (SSSR count). The topological polar surface area (TPSA) is 87.6 Å². The SMILES string of the molecule is CC(C)C(NC(=O)c1ccc(NC2=NS(=O)(=O)c3ccccc32)cc1)c1cccs1. The number of thiophene rings is 1. The molecular weight excluding hydrogens is 418 g/mol. The summed E-state index contributed by atoms with van der Waals surface area (Å²) >= 11 is 1.62. The molecule has 1 atom stereocenters. The highest BCUT2D eigenvalue weighted by Crippen LogP contribution is 2.28. The van der Waals surface area contributed by atoms with E-state index in [1.54, 1.807) is 53.8 Å². The van der Waals surface area contributed by atoms with Gasteiger partial charge in [-0.15, -0.1) is 15.7 Å². The number of sulfonamides is 1. The molecule has 0 saturated heterocycles. The number of carbonyl (C=O) groups is 1. The predicted molar refractivity (Wildman–Crippen MR) is 120 cm³/mol. The van der Waals surface area contributed by atoms with Crippen molar-refractivity contribution in [2.24, 2.45) is 10.3 Å². The van der Waals surface area contributed by atoms with Gasteiger partial charge in [-0.05, 0) is 53.8 Å². The van der Waals surface area contributed by atoms with E-state index in [4.69, 9.17) is 0 Å². The first kappa shape index (κ1) is 20.3. The summed E-state index contributed by atoms with van der Waals surface area (Å²) in [5, 5.41) is 8.14. The zero-order valence-electron chi connectivity index (χ0n) is 16.5. The van der Waals surface area contributed by atoms with Gasteiger partial charge in [0, 0.05) is 21.7 Å². The fraction of sp³-hybridized carbons (Fsp3) is 0.182. The summed E-state index contributed by atoms with van der Waals surface area (Å²) in [6.45, 7) is 4.15. The van der Waals surface area contributed by atoms with Crippen LogP contribution in [0.15, 0.2) is 75.3 Å². The normalized spacial score (nSPS) is 15.4. The highest BCUT2D eigenvalue weighted by molar-refractivity contribution is 7.90. The Morgan fingerprint density at radius 1 is 1.00 bits per heavy atom. The van der Waals surface area contributed by atoms with Crippen molar-refractivity contribution in [2.75, 3.05) is 5.32 Å². The van der Waals surface area contributed by atoms with Crippen molar-refractivity contribution < 1.29 is 13.2 Å². The number of amidine groups is 1. The monoisotopic (exact) mass is 439 g/mol. The second-order valence-corrected chi connectivity index (χ2v) is 9.88. The molecule has 2 aromatic carbocycles. The van der Waals surface area contributed by atoms with Crippen molar-refractivity contribution in [1.29, 1.82) is 0 Å². The van der Waals surface area contributed by atoms with Gasteiger partial charge in [-0.25, -0.2) is 0 Å². The Morgan fingerprint density at radius 2 is 1.73 bits per heavy atom. The maximum atomic E-state index is 12.7. The molecule has 8 heteroatoms. The third kappa shape index (κ3) is 4.01. The van der Waals surface area contributed by atoms with Gasteiger partial charge in [0.05, 0.1) is 6.04 Å². The van der Waals surface area contributed by atoms with Crippen LogP contribution in [0.3, 0.4) is 0 Å². The van der Waals surface area contributed by atoms with E-state index in [9.17, 15) is 13.2 Å². The van der Waals surface area contributed by atoms with Gasteiger partial charge in [0.1, 0.15) is 4.90 Å². The summed E-state index contributed by atoms with van der Waals surface area (Å²) in [6.07, 6.45) is 0. The molecule has 0 saturated carbocycles. The lowest BCUT2D eigenvalue weighted by Gasteiger charge is -2.21. The van der Waals surface area contributed by atoms with Crippen molar-refractivity contribution in [3.8, 4) is 0 Å². The Labute approximate surface area is 179 Å². The Kier molecular flexibility index (Phi) is 5.44. The average Bonchev–Trinajstić information content (AvgIpc) is 3.33. The maximum Gasteiger partial charge on any atom is 0.285 e. The standard InChI is InChI=1S/C22H21N3O3S2/c1-14(2)20(18-7-5-13-29-18)24-22(26)15-9-11-16(12-10-15)23-21-17-6-3-4-8-19(17)30(27,28)25-21/h3-14,20H,1-2H3,(H,23,25)(H,24,26). The molecule has 1 unspecified atom stereocenters. The van der Waals surface area contributed by atoms with Gasteiger partial charge >= 0.3 is 0 Å². The minimum atomic E-state index is -3.68. The molecule has 6 nitrogen and oxygen atoms in total. The van der Waals surface area contributed by atoms with E-state index in [1.165, 1.54) is 6.07 Å². The first-order valence-corrected chi connectivity index (χ1v) is 11.8. The van der Waals surface area contributed by atoms with Gasteiger partial charge < -0.3 is 10.6 Å². The van der Waals surface area contributed by atoms with Crippen LogP contribution in [0.1, 0.15) is 40.7 Å². The zero-order chi connectivity index (χ0) is 21.3. The highest BCUT2D eigenvalue weighted by Gasteiger charge is 2.28. The summed E-state index contributed by atoms with van der Waals surface area (Å²) in [7, 11) is -3.68. The second kappa shape index (κ2) is 8.04. The van der Waals surface area contributed by atoms with Crippen molar-refractivity contribution >= 4 is 38.8 Å². The molecule has 1 amide bonds. The van der Waals surface area contributed by atoms with Crippen LogP contribution in [0.4, 0.5) is 5.69 Å². The Morgan fingerprint density at radius 3 is 2.40 bits per heavy atom. The lowest BCUT2D eigenvalue weighted by atomic mass is 10.0. The van der Waals surface area contributed by atoms with E-state index in [-0.39, 0.29) is 28.6 Å². The molecule has 2 N–H and O–H groups in total. The molecule has 0 radical (unpaired) electrons. The molecule has 0 spiro atoms. The largest absolute Gasteiger partial charge is 0.344 e. The number of nitrogens with zero attached hydrogens (tertiary/aromatic N) is 1. The lowest BCUT2D eigenvalue weighted by Crippen LogP contribution is -2.31. The number of carbonyl (C=O) groups excluding carboxylic acids is 1. The molecule has 1 aliphatic rings. The van der Waals surface area contributed by atoms with Crippen molar-refractivity contribution in [1.82, 2.24) is 5.32 Å². The molecule has 0 bridgehead atoms. The van der Waals surface area contributed by atoms with E-state index in [0.717, 1.165) is 4.88 Å². The first-order valence-electron chi connectivity index (χ1n) is 9.51. The van der Waals surface area contributed by atoms with Crippen LogP contribution < -0.4 is 10.6 Å². The molecule has 0 fully saturated rings. The number of benzene rings is 2. The summed E-state index contributed by atoms with van der Waals surface area (Å²) in [5.74, 6) is 0.385. The van der Waals surface area contributed by atoms with E-state index in [0.29, 0.717) is 16.8 Å².